The van der Waals surface area contributed by atoms with Gasteiger partial charge in [0.2, 0.25) is 5.88 Å². The molecule has 0 aromatic carbocycles. The molecule has 1 fully saturated rings. The quantitative estimate of drug-likeness (QED) is 0.680. The zero-order chi connectivity index (χ0) is 9.97. The van der Waals surface area contributed by atoms with Crippen molar-refractivity contribution in [1.82, 2.24) is 10.2 Å². The van der Waals surface area contributed by atoms with Gasteiger partial charge in [-0.25, -0.2) is 0 Å². The van der Waals surface area contributed by atoms with E-state index in [2.05, 4.69) is 10.2 Å². The Hall–Kier alpha value is -1.45. The van der Waals surface area contributed by atoms with Crippen LogP contribution in [0.15, 0.2) is 12.1 Å². The lowest BCUT2D eigenvalue weighted by Crippen LogP contribution is -2.23. The van der Waals surface area contributed by atoms with E-state index in [1.165, 1.54) is 7.11 Å². The average Bonchev–Trinajstić information content (AvgIpc) is 2.15. The third-order valence-corrected chi connectivity index (χ3v) is 2.58. The molecule has 4 nitrogen and oxygen atoms in total. The standard InChI is InChI=1S/C10H12N2O2/c1-14-9-6-5-8(11-12-9)10(13)7-3-2-4-7/h5-7H,2-4H2,1H3. The van der Waals surface area contributed by atoms with Gasteiger partial charge in [-0.1, -0.05) is 6.42 Å². The Bertz CT molecular complexity index is 330. The Morgan fingerprint density at radius 2 is 2.21 bits per heavy atom. The van der Waals surface area contributed by atoms with Gasteiger partial charge < -0.3 is 4.74 Å². The van der Waals surface area contributed by atoms with Crippen LogP contribution in [0.25, 0.3) is 0 Å². The number of hydrogen-bond donors (Lipinski definition) is 0. The van der Waals surface area contributed by atoms with Crippen molar-refractivity contribution >= 4 is 5.78 Å². The van der Waals surface area contributed by atoms with Crippen LogP contribution < -0.4 is 4.74 Å². The van der Waals surface area contributed by atoms with E-state index in [4.69, 9.17) is 4.74 Å². The molecule has 0 bridgehead atoms. The van der Waals surface area contributed by atoms with Crippen molar-refractivity contribution < 1.29 is 9.53 Å². The van der Waals surface area contributed by atoms with Crippen LogP contribution in [-0.4, -0.2) is 23.1 Å². The van der Waals surface area contributed by atoms with E-state index in [0.717, 1.165) is 19.3 Å². The van der Waals surface area contributed by atoms with E-state index >= 15 is 0 Å². The zero-order valence-corrected chi connectivity index (χ0v) is 8.06. The normalized spacial score (nSPS) is 16.1. The molecule has 2 rings (SSSR count). The first kappa shape index (κ1) is 9.12. The van der Waals surface area contributed by atoms with Gasteiger partial charge >= 0.3 is 0 Å². The Balaban J connectivity index is 2.11. The minimum Gasteiger partial charge on any atom is -0.480 e. The van der Waals surface area contributed by atoms with Crippen molar-refractivity contribution in [3.63, 3.8) is 0 Å². The maximum absolute atomic E-state index is 11.7. The van der Waals surface area contributed by atoms with Crippen LogP contribution in [0.4, 0.5) is 0 Å². The molecule has 0 spiro atoms. The van der Waals surface area contributed by atoms with Crippen molar-refractivity contribution in [2.24, 2.45) is 5.92 Å². The summed E-state index contributed by atoms with van der Waals surface area (Å²) >= 11 is 0. The summed E-state index contributed by atoms with van der Waals surface area (Å²) in [6.07, 6.45) is 3.14. The van der Waals surface area contributed by atoms with Crippen molar-refractivity contribution in [2.45, 2.75) is 19.3 Å². The third kappa shape index (κ3) is 1.60. The van der Waals surface area contributed by atoms with Crippen molar-refractivity contribution in [1.29, 1.82) is 0 Å². The van der Waals surface area contributed by atoms with Gasteiger partial charge in [-0.15, -0.1) is 10.2 Å². The highest BCUT2D eigenvalue weighted by Gasteiger charge is 2.27. The van der Waals surface area contributed by atoms with Crippen LogP contribution in [0.1, 0.15) is 29.8 Å². The molecule has 4 heteroatoms. The topological polar surface area (TPSA) is 52.1 Å². The molecular formula is C10H12N2O2. The van der Waals surface area contributed by atoms with Gasteiger partial charge in [0.25, 0.3) is 0 Å². The highest BCUT2D eigenvalue weighted by Crippen LogP contribution is 2.29. The van der Waals surface area contributed by atoms with Gasteiger partial charge in [-0.2, -0.15) is 0 Å². The highest BCUT2D eigenvalue weighted by atomic mass is 16.5. The number of hydrogen-bond acceptors (Lipinski definition) is 4. The Morgan fingerprint density at radius 3 is 2.64 bits per heavy atom. The van der Waals surface area contributed by atoms with Gasteiger partial charge in [0, 0.05) is 12.0 Å². The van der Waals surface area contributed by atoms with Crippen molar-refractivity contribution in [2.75, 3.05) is 7.11 Å². The molecule has 1 saturated carbocycles. The van der Waals surface area contributed by atoms with Crippen molar-refractivity contribution in [3.8, 4) is 5.88 Å². The van der Waals surface area contributed by atoms with Gasteiger partial charge in [0.1, 0.15) is 5.69 Å². The summed E-state index contributed by atoms with van der Waals surface area (Å²) in [5.41, 5.74) is 0.454. The van der Waals surface area contributed by atoms with Crippen LogP contribution in [0.3, 0.4) is 0 Å². The lowest BCUT2D eigenvalue weighted by molar-refractivity contribution is 0.0848. The highest BCUT2D eigenvalue weighted by molar-refractivity contribution is 5.96. The molecule has 1 aromatic rings. The minimum absolute atomic E-state index is 0.117. The molecule has 14 heavy (non-hydrogen) atoms. The summed E-state index contributed by atoms with van der Waals surface area (Å²) in [5.74, 6) is 0.735. The largest absolute Gasteiger partial charge is 0.480 e. The molecule has 1 aliphatic rings. The van der Waals surface area contributed by atoms with E-state index in [0.29, 0.717) is 11.6 Å². The van der Waals surface area contributed by atoms with Crippen LogP contribution >= 0.6 is 0 Å². The third-order valence-electron chi connectivity index (χ3n) is 2.58. The zero-order valence-electron chi connectivity index (χ0n) is 8.06. The number of ether oxygens (including phenoxy) is 1. The Labute approximate surface area is 82.3 Å². The van der Waals surface area contributed by atoms with Crippen LogP contribution in [-0.2, 0) is 0 Å². The summed E-state index contributed by atoms with van der Waals surface area (Å²) < 4.78 is 4.86. The molecular weight excluding hydrogens is 180 g/mol. The maximum Gasteiger partial charge on any atom is 0.233 e. The van der Waals surface area contributed by atoms with E-state index in [-0.39, 0.29) is 11.7 Å². The van der Waals surface area contributed by atoms with Gasteiger partial charge in [-0.05, 0) is 18.9 Å². The number of Topliss-reactive ketones (excluding diaryl/α,β-unsaturated/α-hetero) is 1. The number of aromatic nitrogens is 2. The number of methoxy groups -OCH3 is 1. The van der Waals surface area contributed by atoms with Gasteiger partial charge in [0.15, 0.2) is 5.78 Å². The fraction of sp³-hybridized carbons (Fsp3) is 0.500. The van der Waals surface area contributed by atoms with E-state index < -0.39 is 0 Å². The molecule has 0 N–H and O–H groups in total. The molecule has 0 aliphatic heterocycles. The molecule has 0 saturated heterocycles. The number of ketones is 1. The minimum atomic E-state index is 0.117. The lowest BCUT2D eigenvalue weighted by Gasteiger charge is -2.22. The summed E-state index contributed by atoms with van der Waals surface area (Å²) in [6, 6.07) is 3.34. The van der Waals surface area contributed by atoms with Crippen LogP contribution in [0.5, 0.6) is 5.88 Å². The number of carbonyl (C=O) groups excluding carboxylic acids is 1. The predicted octanol–water partition coefficient (Wildman–Crippen LogP) is 1.47. The Kier molecular flexibility index (Phi) is 2.43. The fourth-order valence-electron chi connectivity index (χ4n) is 1.44. The van der Waals surface area contributed by atoms with Crippen molar-refractivity contribution in [3.05, 3.63) is 17.8 Å². The molecule has 0 atom stereocenters. The second-order valence-electron chi connectivity index (χ2n) is 3.45. The molecule has 1 aliphatic carbocycles. The molecule has 1 aromatic heterocycles. The number of nitrogens with zero attached hydrogens (tertiary/aromatic N) is 2. The molecule has 0 unspecified atom stereocenters. The summed E-state index contributed by atoms with van der Waals surface area (Å²) in [7, 11) is 1.53. The molecule has 0 amide bonds. The summed E-state index contributed by atoms with van der Waals surface area (Å²) in [4.78, 5) is 11.7. The fourth-order valence-corrected chi connectivity index (χ4v) is 1.44. The lowest BCUT2D eigenvalue weighted by atomic mass is 9.81. The monoisotopic (exact) mass is 192 g/mol. The molecule has 0 radical (unpaired) electrons. The van der Waals surface area contributed by atoms with Crippen LogP contribution in [0.2, 0.25) is 0 Å². The van der Waals surface area contributed by atoms with Crippen LogP contribution in [0, 0.1) is 5.92 Å². The van der Waals surface area contributed by atoms with E-state index in [1.54, 1.807) is 12.1 Å². The second-order valence-corrected chi connectivity index (χ2v) is 3.45. The second kappa shape index (κ2) is 3.74. The average molecular weight is 192 g/mol. The van der Waals surface area contributed by atoms with E-state index in [1.807, 2.05) is 0 Å². The first-order valence-corrected chi connectivity index (χ1v) is 4.73. The summed E-state index contributed by atoms with van der Waals surface area (Å²) in [6.45, 7) is 0. The smallest absolute Gasteiger partial charge is 0.233 e. The maximum atomic E-state index is 11.7. The SMILES string of the molecule is COc1ccc(C(=O)C2CCC2)nn1. The summed E-state index contributed by atoms with van der Waals surface area (Å²) in [5, 5.41) is 7.59. The molecule has 74 valence electrons. The predicted molar refractivity (Wildman–Crippen MR) is 50.3 cm³/mol. The van der Waals surface area contributed by atoms with Gasteiger partial charge in [0.05, 0.1) is 7.11 Å². The molecule has 1 heterocycles. The first-order chi connectivity index (χ1) is 6.81. The Morgan fingerprint density at radius 1 is 1.43 bits per heavy atom. The van der Waals surface area contributed by atoms with E-state index in [9.17, 15) is 4.79 Å². The van der Waals surface area contributed by atoms with Gasteiger partial charge in [-0.3, -0.25) is 4.79 Å². The first-order valence-electron chi connectivity index (χ1n) is 4.73. The number of carbonyl (C=O) groups is 1. The number of rotatable bonds is 3.